The van der Waals surface area contributed by atoms with Crippen LogP contribution in [0.1, 0.15) is 49.6 Å². The first-order valence-electron chi connectivity index (χ1n) is 12.8. The molecule has 8 heteroatoms. The van der Waals surface area contributed by atoms with E-state index in [9.17, 15) is 14.4 Å². The van der Waals surface area contributed by atoms with Crippen LogP contribution in [0.2, 0.25) is 0 Å². The number of esters is 1. The van der Waals surface area contributed by atoms with Crippen molar-refractivity contribution < 1.29 is 19.1 Å². The van der Waals surface area contributed by atoms with E-state index in [1.165, 1.54) is 11.3 Å². The summed E-state index contributed by atoms with van der Waals surface area (Å²) in [5.41, 5.74) is 5.20. The van der Waals surface area contributed by atoms with Crippen molar-refractivity contribution in [1.29, 1.82) is 0 Å². The Kier molecular flexibility index (Phi) is 6.77. The van der Waals surface area contributed by atoms with Crippen LogP contribution in [-0.2, 0) is 22.4 Å². The molecule has 39 heavy (non-hydrogen) atoms. The van der Waals surface area contributed by atoms with Gasteiger partial charge in [-0.1, -0.05) is 42.5 Å². The molecule has 0 saturated heterocycles. The van der Waals surface area contributed by atoms with Crippen LogP contribution < -0.4 is 5.32 Å². The maximum absolute atomic E-state index is 13.4. The minimum Gasteiger partial charge on any atom is -0.452 e. The van der Waals surface area contributed by atoms with Crippen molar-refractivity contribution >= 4 is 45.0 Å². The number of aryl methyl sites for hydroxylation is 1. The van der Waals surface area contributed by atoms with Crippen LogP contribution >= 0.6 is 11.3 Å². The maximum Gasteiger partial charge on any atom is 0.338 e. The third kappa shape index (κ3) is 4.98. The van der Waals surface area contributed by atoms with Crippen LogP contribution in [0.25, 0.3) is 16.7 Å². The number of thiophene rings is 1. The second-order valence-electron chi connectivity index (χ2n) is 9.38. The summed E-state index contributed by atoms with van der Waals surface area (Å²) < 4.78 is 7.24. The van der Waals surface area contributed by atoms with Gasteiger partial charge in [-0.05, 0) is 67.6 Å². The van der Waals surface area contributed by atoms with Gasteiger partial charge < -0.3 is 10.1 Å². The molecule has 0 aliphatic heterocycles. The van der Waals surface area contributed by atoms with Crippen molar-refractivity contribution in [1.82, 2.24) is 9.55 Å². The summed E-state index contributed by atoms with van der Waals surface area (Å²) >= 11 is 1.44. The van der Waals surface area contributed by atoms with E-state index in [0.29, 0.717) is 21.7 Å². The normalized spacial score (nSPS) is 12.6. The Hall–Kier alpha value is -4.56. The lowest BCUT2D eigenvalue weighted by atomic mass is 9.92. The highest BCUT2D eigenvalue weighted by molar-refractivity contribution is 7.17. The molecular weight excluding hydrogens is 510 g/mol. The summed E-state index contributed by atoms with van der Waals surface area (Å²) in [6.45, 7) is -0.450. The van der Waals surface area contributed by atoms with Crippen LogP contribution in [0.3, 0.4) is 0 Å². The van der Waals surface area contributed by atoms with Crippen molar-refractivity contribution in [2.75, 3.05) is 11.9 Å². The Labute approximate surface area is 229 Å². The number of ketones is 1. The molecule has 0 radical (unpaired) electrons. The molecule has 194 valence electrons. The average Bonchev–Trinajstić information content (AvgIpc) is 3.57. The van der Waals surface area contributed by atoms with Crippen molar-refractivity contribution in [3.05, 3.63) is 112 Å². The number of hydrogen-bond acceptors (Lipinski definition) is 6. The first-order valence-corrected chi connectivity index (χ1v) is 13.6. The Balaban J connectivity index is 1.14. The van der Waals surface area contributed by atoms with Crippen LogP contribution in [0.15, 0.2) is 85.2 Å². The maximum atomic E-state index is 13.4. The number of ether oxygens (including phenoxy) is 1. The van der Waals surface area contributed by atoms with Gasteiger partial charge in [-0.15, -0.1) is 11.3 Å². The number of imidazole rings is 1. The third-order valence-corrected chi connectivity index (χ3v) is 8.06. The highest BCUT2D eigenvalue weighted by Crippen LogP contribution is 2.39. The topological polar surface area (TPSA) is 90.3 Å². The molecule has 6 rings (SSSR count). The third-order valence-electron chi connectivity index (χ3n) is 6.86. The van der Waals surface area contributed by atoms with E-state index in [1.807, 2.05) is 59.2 Å². The zero-order valence-electron chi connectivity index (χ0n) is 21.1. The summed E-state index contributed by atoms with van der Waals surface area (Å²) in [5.74, 6) is -1.18. The second kappa shape index (κ2) is 10.7. The highest BCUT2D eigenvalue weighted by atomic mass is 32.1. The van der Waals surface area contributed by atoms with Crippen LogP contribution in [0.4, 0.5) is 5.00 Å². The van der Waals surface area contributed by atoms with E-state index in [4.69, 9.17) is 4.74 Å². The number of hydrogen-bond donors (Lipinski definition) is 1. The SMILES string of the molecule is O=C(COC(=O)c1ccc(-n2cnc3ccccc32)cc1)Nc1sc2c(c1C(=O)c1ccccc1)CCCC2. The van der Waals surface area contributed by atoms with Crippen molar-refractivity contribution in [3.63, 3.8) is 0 Å². The lowest BCUT2D eigenvalue weighted by Crippen LogP contribution is -2.21. The molecule has 0 unspecified atom stereocenters. The van der Waals surface area contributed by atoms with E-state index in [-0.39, 0.29) is 5.78 Å². The zero-order valence-corrected chi connectivity index (χ0v) is 21.9. The van der Waals surface area contributed by atoms with E-state index in [1.54, 1.807) is 30.6 Å². The Morgan fingerprint density at radius 1 is 0.872 bits per heavy atom. The van der Waals surface area contributed by atoms with Crippen molar-refractivity contribution in [2.24, 2.45) is 0 Å². The molecule has 0 fully saturated rings. The number of amides is 1. The number of fused-ring (bicyclic) bond motifs is 2. The van der Waals surface area contributed by atoms with Gasteiger partial charge in [0.15, 0.2) is 12.4 Å². The van der Waals surface area contributed by atoms with Gasteiger partial charge in [-0.2, -0.15) is 0 Å². The Bertz CT molecular complexity index is 1690. The second-order valence-corrected chi connectivity index (χ2v) is 10.5. The van der Waals surface area contributed by atoms with Crippen LogP contribution in [0, 0.1) is 0 Å². The van der Waals surface area contributed by atoms with E-state index in [0.717, 1.165) is 52.8 Å². The molecule has 5 aromatic rings. The summed E-state index contributed by atoms with van der Waals surface area (Å²) in [4.78, 5) is 44.4. The number of carbonyl (C=O) groups excluding carboxylic acids is 3. The molecule has 0 saturated carbocycles. The van der Waals surface area contributed by atoms with Gasteiger partial charge in [0.2, 0.25) is 0 Å². The molecule has 0 spiro atoms. The minimum atomic E-state index is -0.599. The molecule has 2 heterocycles. The fraction of sp³-hybridized carbons (Fsp3) is 0.161. The monoisotopic (exact) mass is 535 g/mol. The number of rotatable bonds is 7. The van der Waals surface area contributed by atoms with Gasteiger partial charge in [-0.25, -0.2) is 9.78 Å². The molecule has 0 bridgehead atoms. The molecular formula is C31H25N3O4S. The van der Waals surface area contributed by atoms with Gasteiger partial charge in [-0.3, -0.25) is 14.2 Å². The number of anilines is 1. The van der Waals surface area contributed by atoms with Gasteiger partial charge in [0.25, 0.3) is 5.91 Å². The van der Waals surface area contributed by atoms with E-state index < -0.39 is 18.5 Å². The molecule has 2 aromatic heterocycles. The number of para-hydroxylation sites is 2. The highest BCUT2D eigenvalue weighted by Gasteiger charge is 2.27. The summed E-state index contributed by atoms with van der Waals surface area (Å²) in [6, 6.07) is 23.8. The van der Waals surface area contributed by atoms with Gasteiger partial charge in [0.1, 0.15) is 11.3 Å². The van der Waals surface area contributed by atoms with Crippen LogP contribution in [-0.4, -0.2) is 33.8 Å². The largest absolute Gasteiger partial charge is 0.452 e. The Morgan fingerprint density at radius 3 is 2.44 bits per heavy atom. The van der Waals surface area contributed by atoms with E-state index in [2.05, 4.69) is 10.3 Å². The zero-order chi connectivity index (χ0) is 26.8. The fourth-order valence-electron chi connectivity index (χ4n) is 4.93. The van der Waals surface area contributed by atoms with E-state index >= 15 is 0 Å². The van der Waals surface area contributed by atoms with Crippen molar-refractivity contribution in [3.8, 4) is 5.69 Å². The average molecular weight is 536 g/mol. The molecule has 7 nitrogen and oxygen atoms in total. The molecule has 3 aromatic carbocycles. The molecule has 1 aliphatic rings. The summed E-state index contributed by atoms with van der Waals surface area (Å²) in [7, 11) is 0. The number of nitrogens with one attached hydrogen (secondary N) is 1. The minimum absolute atomic E-state index is 0.104. The number of nitrogens with zero attached hydrogens (tertiary/aromatic N) is 2. The molecule has 1 amide bonds. The van der Waals surface area contributed by atoms with Gasteiger partial charge in [0.05, 0.1) is 22.2 Å². The van der Waals surface area contributed by atoms with Crippen molar-refractivity contribution in [2.45, 2.75) is 25.7 Å². The smallest absolute Gasteiger partial charge is 0.338 e. The quantitative estimate of drug-likeness (QED) is 0.204. The standard InChI is InChI=1S/C31H25N3O4S/c35-27(33-30-28(23-10-4-7-13-26(23)39-30)29(36)20-8-2-1-3-9-20)18-38-31(37)21-14-16-22(17-15-21)34-19-32-24-11-5-6-12-25(24)34/h1-3,5-6,8-9,11-12,14-17,19H,4,7,10,13,18H2,(H,33,35). The molecule has 1 N–H and O–H groups in total. The Morgan fingerprint density at radius 2 is 1.62 bits per heavy atom. The summed E-state index contributed by atoms with van der Waals surface area (Å²) in [6.07, 6.45) is 5.52. The predicted octanol–water partition coefficient (Wildman–Crippen LogP) is 5.99. The van der Waals surface area contributed by atoms with Gasteiger partial charge >= 0.3 is 5.97 Å². The lowest BCUT2D eigenvalue weighted by Gasteiger charge is -2.12. The summed E-state index contributed by atoms with van der Waals surface area (Å²) in [5, 5.41) is 3.36. The first-order chi connectivity index (χ1) is 19.1. The number of carbonyl (C=O) groups is 3. The molecule has 1 aliphatic carbocycles. The molecule has 0 atom stereocenters. The predicted molar refractivity (Wildman–Crippen MR) is 151 cm³/mol. The fourth-order valence-corrected chi connectivity index (χ4v) is 6.23. The first kappa shape index (κ1) is 24.8. The van der Waals surface area contributed by atoms with Crippen LogP contribution in [0.5, 0.6) is 0 Å². The lowest BCUT2D eigenvalue weighted by molar-refractivity contribution is -0.119. The number of aromatic nitrogens is 2. The van der Waals surface area contributed by atoms with Gasteiger partial charge in [0, 0.05) is 16.1 Å². The number of benzene rings is 3.